The van der Waals surface area contributed by atoms with Gasteiger partial charge in [-0.15, -0.1) is 0 Å². The number of aryl methyl sites for hydroxylation is 2. The van der Waals surface area contributed by atoms with E-state index in [0.29, 0.717) is 41.4 Å². The zero-order valence-corrected chi connectivity index (χ0v) is 23.6. The van der Waals surface area contributed by atoms with Gasteiger partial charge in [0.25, 0.3) is 5.91 Å². The van der Waals surface area contributed by atoms with E-state index in [0.717, 1.165) is 42.5 Å². The van der Waals surface area contributed by atoms with Crippen molar-refractivity contribution in [3.8, 4) is 17.1 Å². The molecule has 0 atom stereocenters. The molecule has 3 aromatic rings. The van der Waals surface area contributed by atoms with Crippen LogP contribution in [0.4, 0.5) is 13.2 Å². The fraction of sp³-hybridized carbons (Fsp3) is 0.419. The largest absolute Gasteiger partial charge is 0.476 e. The Kier molecular flexibility index (Phi) is 8.99. The minimum absolute atomic E-state index is 0.143. The number of carbonyl (C=O) groups is 2. The van der Waals surface area contributed by atoms with Gasteiger partial charge in [0.05, 0.1) is 23.4 Å². The molecular formula is C31H34F3N3O4. The Morgan fingerprint density at radius 1 is 1.07 bits per heavy atom. The number of amides is 1. The topological polar surface area (TPSA) is 90.4 Å². The van der Waals surface area contributed by atoms with Gasteiger partial charge in [-0.25, -0.2) is 14.8 Å². The second-order valence-corrected chi connectivity index (χ2v) is 10.6. The lowest BCUT2D eigenvalue weighted by molar-refractivity contribution is -0.158. The lowest BCUT2D eigenvalue weighted by atomic mass is 10.0. The van der Waals surface area contributed by atoms with Crippen LogP contribution in [0.5, 0.6) is 5.75 Å². The standard InChI is InChI=1S/C31H34F3N3O4/c1-5-40-29(39)30(3,4)41-25-15-8-20(17-19(25)2)7-6-16-35-28(38)24-18-36-27(37-26(24)21-9-10-21)22-11-13-23(14-12-22)31(32,33)34/h8,11-15,17-18,21H,5-7,9-10,16H2,1-4H3,(H,35,38). The minimum Gasteiger partial charge on any atom is -0.476 e. The lowest BCUT2D eigenvalue weighted by Gasteiger charge is -2.25. The number of halogens is 3. The summed E-state index contributed by atoms with van der Waals surface area (Å²) in [5, 5.41) is 2.94. The van der Waals surface area contributed by atoms with Gasteiger partial charge in [0.15, 0.2) is 11.4 Å². The van der Waals surface area contributed by atoms with Crippen molar-refractivity contribution in [2.45, 2.75) is 71.1 Å². The highest BCUT2D eigenvalue weighted by Crippen LogP contribution is 2.41. The van der Waals surface area contributed by atoms with Gasteiger partial charge in [-0.3, -0.25) is 4.79 Å². The van der Waals surface area contributed by atoms with Crippen molar-refractivity contribution >= 4 is 11.9 Å². The maximum Gasteiger partial charge on any atom is 0.416 e. The quantitative estimate of drug-likeness (QED) is 0.211. The molecule has 1 N–H and O–H groups in total. The first kappa shape index (κ1) is 30.0. The van der Waals surface area contributed by atoms with Gasteiger partial charge in [-0.2, -0.15) is 13.2 Å². The summed E-state index contributed by atoms with van der Waals surface area (Å²) in [5.74, 6) is 0.346. The molecular weight excluding hydrogens is 535 g/mol. The van der Waals surface area contributed by atoms with Crippen LogP contribution in [-0.4, -0.2) is 40.6 Å². The summed E-state index contributed by atoms with van der Waals surface area (Å²) < 4.78 is 49.7. The third-order valence-electron chi connectivity index (χ3n) is 6.80. The van der Waals surface area contributed by atoms with Crippen LogP contribution in [0.25, 0.3) is 11.4 Å². The number of hydrogen-bond donors (Lipinski definition) is 1. The van der Waals surface area contributed by atoms with Gasteiger partial charge in [-0.05, 0) is 82.7 Å². The van der Waals surface area contributed by atoms with Crippen molar-refractivity contribution in [3.05, 3.63) is 76.6 Å². The van der Waals surface area contributed by atoms with E-state index in [2.05, 4.69) is 15.3 Å². The van der Waals surface area contributed by atoms with Crippen LogP contribution in [0, 0.1) is 6.92 Å². The van der Waals surface area contributed by atoms with Crippen molar-refractivity contribution in [1.82, 2.24) is 15.3 Å². The number of aromatic nitrogens is 2. The van der Waals surface area contributed by atoms with E-state index in [1.807, 2.05) is 25.1 Å². The molecule has 1 fully saturated rings. The molecule has 1 aliphatic rings. The molecule has 0 unspecified atom stereocenters. The zero-order valence-electron chi connectivity index (χ0n) is 23.6. The summed E-state index contributed by atoms with van der Waals surface area (Å²) in [5.41, 5.74) is 1.60. The minimum atomic E-state index is -4.42. The number of nitrogens with one attached hydrogen (secondary N) is 1. The summed E-state index contributed by atoms with van der Waals surface area (Å²) in [4.78, 5) is 34.0. The fourth-order valence-electron chi connectivity index (χ4n) is 4.38. The number of ether oxygens (including phenoxy) is 2. The molecule has 0 radical (unpaired) electrons. The first-order chi connectivity index (χ1) is 19.4. The molecule has 1 aromatic heterocycles. The van der Waals surface area contributed by atoms with E-state index in [1.54, 1.807) is 20.8 Å². The van der Waals surface area contributed by atoms with Crippen LogP contribution in [0.3, 0.4) is 0 Å². The maximum absolute atomic E-state index is 13.0. The number of rotatable bonds is 11. The second-order valence-electron chi connectivity index (χ2n) is 10.6. The molecule has 1 amide bonds. The molecule has 0 aliphatic heterocycles. The Morgan fingerprint density at radius 3 is 2.39 bits per heavy atom. The van der Waals surface area contributed by atoms with Gasteiger partial charge < -0.3 is 14.8 Å². The number of carbonyl (C=O) groups excluding carboxylic acids is 2. The molecule has 7 nitrogen and oxygen atoms in total. The monoisotopic (exact) mass is 569 g/mol. The molecule has 1 heterocycles. The highest BCUT2D eigenvalue weighted by Gasteiger charge is 2.33. The van der Waals surface area contributed by atoms with Gasteiger partial charge in [0.2, 0.25) is 0 Å². The van der Waals surface area contributed by atoms with Gasteiger partial charge >= 0.3 is 12.1 Å². The average Bonchev–Trinajstić information content (AvgIpc) is 3.77. The summed E-state index contributed by atoms with van der Waals surface area (Å²) in [6.45, 7) is 7.72. The number of alkyl halides is 3. The number of hydrogen-bond acceptors (Lipinski definition) is 6. The Morgan fingerprint density at radius 2 is 1.78 bits per heavy atom. The summed E-state index contributed by atoms with van der Waals surface area (Å²) in [7, 11) is 0. The number of esters is 1. The zero-order chi connectivity index (χ0) is 29.8. The van der Waals surface area contributed by atoms with Crippen LogP contribution in [0.2, 0.25) is 0 Å². The lowest BCUT2D eigenvalue weighted by Crippen LogP contribution is -2.39. The molecule has 10 heteroatoms. The van der Waals surface area contributed by atoms with Crippen molar-refractivity contribution in [2.75, 3.05) is 13.2 Å². The summed E-state index contributed by atoms with van der Waals surface area (Å²) in [6.07, 6.45) is 0.270. The Balaban J connectivity index is 1.34. The van der Waals surface area contributed by atoms with E-state index in [4.69, 9.17) is 9.47 Å². The SMILES string of the molecule is CCOC(=O)C(C)(C)Oc1ccc(CCCNC(=O)c2cnc(-c3ccc(C(F)(F)F)cc3)nc2C2CC2)cc1C. The molecule has 4 rings (SSSR count). The molecule has 0 spiro atoms. The Hall–Kier alpha value is -3.95. The van der Waals surface area contributed by atoms with E-state index >= 15 is 0 Å². The van der Waals surface area contributed by atoms with E-state index in [9.17, 15) is 22.8 Å². The van der Waals surface area contributed by atoms with E-state index < -0.39 is 23.3 Å². The maximum atomic E-state index is 13.0. The second kappa shape index (κ2) is 12.3. The van der Waals surface area contributed by atoms with E-state index in [-0.39, 0.29) is 18.4 Å². The van der Waals surface area contributed by atoms with Crippen LogP contribution < -0.4 is 10.1 Å². The fourth-order valence-corrected chi connectivity index (χ4v) is 4.38. The third-order valence-corrected chi connectivity index (χ3v) is 6.80. The summed E-state index contributed by atoms with van der Waals surface area (Å²) >= 11 is 0. The van der Waals surface area contributed by atoms with Gasteiger partial charge in [0, 0.05) is 24.2 Å². The number of benzene rings is 2. The van der Waals surface area contributed by atoms with E-state index in [1.165, 1.54) is 18.3 Å². The van der Waals surface area contributed by atoms with Gasteiger partial charge in [0.1, 0.15) is 5.75 Å². The molecule has 0 bridgehead atoms. The van der Waals surface area contributed by atoms with Crippen molar-refractivity contribution in [1.29, 1.82) is 0 Å². The predicted molar refractivity (Wildman–Crippen MR) is 148 cm³/mol. The normalized spacial score (nSPS) is 13.5. The first-order valence-electron chi connectivity index (χ1n) is 13.7. The number of nitrogens with zero attached hydrogens (tertiary/aromatic N) is 2. The van der Waals surface area contributed by atoms with Crippen molar-refractivity contribution in [3.63, 3.8) is 0 Å². The average molecular weight is 570 g/mol. The van der Waals surface area contributed by atoms with Crippen LogP contribution >= 0.6 is 0 Å². The van der Waals surface area contributed by atoms with Gasteiger partial charge in [-0.1, -0.05) is 24.3 Å². The highest BCUT2D eigenvalue weighted by molar-refractivity contribution is 5.95. The molecule has 1 aliphatic carbocycles. The molecule has 218 valence electrons. The van der Waals surface area contributed by atoms with Crippen LogP contribution in [0.1, 0.15) is 78.7 Å². The Bertz CT molecular complexity index is 1400. The van der Waals surface area contributed by atoms with Crippen molar-refractivity contribution in [2.24, 2.45) is 0 Å². The predicted octanol–water partition coefficient (Wildman–Crippen LogP) is 6.43. The van der Waals surface area contributed by atoms with Crippen LogP contribution in [-0.2, 0) is 22.1 Å². The molecule has 0 saturated heterocycles. The highest BCUT2D eigenvalue weighted by atomic mass is 19.4. The third kappa shape index (κ3) is 7.62. The molecule has 41 heavy (non-hydrogen) atoms. The van der Waals surface area contributed by atoms with Crippen LogP contribution in [0.15, 0.2) is 48.7 Å². The smallest absolute Gasteiger partial charge is 0.416 e. The Labute approximate surface area is 237 Å². The molecule has 1 saturated carbocycles. The first-order valence-corrected chi connectivity index (χ1v) is 13.7. The van der Waals surface area contributed by atoms with Crippen molar-refractivity contribution < 1.29 is 32.2 Å². The molecule has 2 aromatic carbocycles. The summed E-state index contributed by atoms with van der Waals surface area (Å²) in [6, 6.07) is 10.5.